The molecule has 2 aliphatic heterocycles. The molecule has 2 aliphatic rings. The standard InChI is InChI=1S/C14H20F3NO6/c1-4-5-21-11-8(18-12(20)14(15,16)17)10-9(7(6-19)22-11)23-13(2,3)24-10/h4,7-11,19H,1,5-6H2,2-3H3,(H,18,20)/t7-,8-,9+,10-,11+/m1/s1. The number of halogens is 3. The first-order chi connectivity index (χ1) is 11.1. The third-order valence-corrected chi connectivity index (χ3v) is 3.60. The smallest absolute Gasteiger partial charge is 0.394 e. The van der Waals surface area contributed by atoms with Crippen molar-refractivity contribution in [1.29, 1.82) is 0 Å². The van der Waals surface area contributed by atoms with Gasteiger partial charge in [-0.2, -0.15) is 13.2 Å². The average Bonchev–Trinajstić information content (AvgIpc) is 2.80. The number of nitrogens with one attached hydrogen (secondary N) is 1. The molecule has 2 saturated heterocycles. The largest absolute Gasteiger partial charge is 0.471 e. The Hall–Kier alpha value is -1.20. The zero-order chi connectivity index (χ0) is 18.1. The Morgan fingerprint density at radius 3 is 2.54 bits per heavy atom. The van der Waals surface area contributed by atoms with E-state index in [4.69, 9.17) is 18.9 Å². The summed E-state index contributed by atoms with van der Waals surface area (Å²) in [5.41, 5.74) is 0. The number of rotatable bonds is 5. The molecule has 138 valence electrons. The van der Waals surface area contributed by atoms with Crippen LogP contribution in [-0.2, 0) is 23.7 Å². The van der Waals surface area contributed by atoms with Crippen molar-refractivity contribution in [2.75, 3.05) is 13.2 Å². The fraction of sp³-hybridized carbons (Fsp3) is 0.786. The Balaban J connectivity index is 2.26. The highest BCUT2D eigenvalue weighted by atomic mass is 19.4. The molecular weight excluding hydrogens is 335 g/mol. The van der Waals surface area contributed by atoms with Crippen LogP contribution in [0.5, 0.6) is 0 Å². The molecule has 0 aromatic rings. The van der Waals surface area contributed by atoms with Crippen LogP contribution in [-0.4, -0.2) is 66.8 Å². The van der Waals surface area contributed by atoms with Gasteiger partial charge in [-0.25, -0.2) is 0 Å². The average molecular weight is 355 g/mol. The van der Waals surface area contributed by atoms with Crippen LogP contribution in [0.4, 0.5) is 13.2 Å². The lowest BCUT2D eigenvalue weighted by Gasteiger charge is -2.41. The topological polar surface area (TPSA) is 86.2 Å². The summed E-state index contributed by atoms with van der Waals surface area (Å²) in [5.74, 6) is -3.25. The van der Waals surface area contributed by atoms with E-state index in [0.29, 0.717) is 0 Å². The molecule has 2 heterocycles. The maximum absolute atomic E-state index is 12.6. The predicted octanol–water partition coefficient (Wildman–Crippen LogP) is 0.473. The second kappa shape index (κ2) is 6.96. The van der Waals surface area contributed by atoms with Crippen molar-refractivity contribution < 1.29 is 42.0 Å². The summed E-state index contributed by atoms with van der Waals surface area (Å²) in [6.45, 7) is 6.11. The molecule has 1 amide bonds. The van der Waals surface area contributed by atoms with Crippen LogP contribution >= 0.6 is 0 Å². The summed E-state index contributed by atoms with van der Waals surface area (Å²) in [5, 5.41) is 11.3. The van der Waals surface area contributed by atoms with Gasteiger partial charge in [0.15, 0.2) is 12.1 Å². The first-order valence-electron chi connectivity index (χ1n) is 7.31. The Morgan fingerprint density at radius 2 is 2.00 bits per heavy atom. The second-order valence-electron chi connectivity index (χ2n) is 5.91. The van der Waals surface area contributed by atoms with Crippen molar-refractivity contribution >= 4 is 5.91 Å². The fourth-order valence-corrected chi connectivity index (χ4v) is 2.71. The molecular formula is C14H20F3NO6. The fourth-order valence-electron chi connectivity index (χ4n) is 2.71. The highest BCUT2D eigenvalue weighted by Crippen LogP contribution is 2.38. The van der Waals surface area contributed by atoms with Gasteiger partial charge in [0.2, 0.25) is 0 Å². The molecule has 10 heteroatoms. The predicted molar refractivity (Wildman–Crippen MR) is 73.7 cm³/mol. The summed E-state index contributed by atoms with van der Waals surface area (Å²) < 4.78 is 59.8. The SMILES string of the molecule is C=CCO[C@H]1O[C@H](CO)[C@@H]2OC(C)(C)O[C@@H]2[C@H]1NC(=O)C(F)(F)F. The Bertz CT molecular complexity index is 484. The molecule has 2 fully saturated rings. The van der Waals surface area contributed by atoms with Gasteiger partial charge in [-0.05, 0) is 13.8 Å². The van der Waals surface area contributed by atoms with Crippen LogP contribution in [0, 0.1) is 0 Å². The van der Waals surface area contributed by atoms with Gasteiger partial charge in [0.25, 0.3) is 0 Å². The number of aliphatic hydroxyl groups is 1. The van der Waals surface area contributed by atoms with Crippen molar-refractivity contribution in [3.05, 3.63) is 12.7 Å². The van der Waals surface area contributed by atoms with E-state index in [9.17, 15) is 23.1 Å². The summed E-state index contributed by atoms with van der Waals surface area (Å²) in [6, 6.07) is -1.27. The van der Waals surface area contributed by atoms with Gasteiger partial charge in [-0.1, -0.05) is 6.08 Å². The molecule has 0 bridgehead atoms. The van der Waals surface area contributed by atoms with Crippen molar-refractivity contribution in [3.8, 4) is 0 Å². The molecule has 24 heavy (non-hydrogen) atoms. The second-order valence-corrected chi connectivity index (χ2v) is 5.91. The first-order valence-corrected chi connectivity index (χ1v) is 7.31. The number of hydrogen-bond donors (Lipinski definition) is 2. The van der Waals surface area contributed by atoms with Gasteiger partial charge in [0.1, 0.15) is 24.4 Å². The van der Waals surface area contributed by atoms with Gasteiger partial charge in [0, 0.05) is 0 Å². The van der Waals surface area contributed by atoms with E-state index in [-0.39, 0.29) is 6.61 Å². The highest BCUT2D eigenvalue weighted by Gasteiger charge is 2.57. The lowest BCUT2D eigenvalue weighted by atomic mass is 9.97. The van der Waals surface area contributed by atoms with Crippen molar-refractivity contribution in [1.82, 2.24) is 5.32 Å². The monoisotopic (exact) mass is 355 g/mol. The van der Waals surface area contributed by atoms with E-state index in [0.717, 1.165) is 0 Å². The Labute approximate surface area is 136 Å². The van der Waals surface area contributed by atoms with Crippen molar-refractivity contribution in [3.63, 3.8) is 0 Å². The minimum atomic E-state index is -5.07. The lowest BCUT2D eigenvalue weighted by molar-refractivity contribution is -0.249. The van der Waals surface area contributed by atoms with Crippen LogP contribution in [0.2, 0.25) is 0 Å². The number of carbonyl (C=O) groups excluding carboxylic acids is 1. The molecule has 0 aliphatic carbocycles. The molecule has 0 radical (unpaired) electrons. The minimum absolute atomic E-state index is 0.0250. The molecule has 5 atom stereocenters. The molecule has 0 unspecified atom stereocenters. The number of fused-ring (bicyclic) bond motifs is 1. The van der Waals surface area contributed by atoms with Crippen LogP contribution in [0.25, 0.3) is 0 Å². The Kier molecular flexibility index (Phi) is 5.55. The van der Waals surface area contributed by atoms with E-state index in [2.05, 4.69) is 6.58 Å². The maximum Gasteiger partial charge on any atom is 0.471 e. The van der Waals surface area contributed by atoms with E-state index < -0.39 is 55.1 Å². The molecule has 2 rings (SSSR count). The van der Waals surface area contributed by atoms with E-state index in [1.807, 2.05) is 5.32 Å². The molecule has 0 aromatic carbocycles. The van der Waals surface area contributed by atoms with Gasteiger partial charge in [-0.3, -0.25) is 4.79 Å². The van der Waals surface area contributed by atoms with Crippen LogP contribution < -0.4 is 5.32 Å². The normalized spacial score (nSPS) is 35.3. The molecule has 2 N–H and O–H groups in total. The Morgan fingerprint density at radius 1 is 1.38 bits per heavy atom. The van der Waals surface area contributed by atoms with Crippen molar-refractivity contribution in [2.45, 2.75) is 56.5 Å². The van der Waals surface area contributed by atoms with Gasteiger partial charge < -0.3 is 29.4 Å². The summed E-state index contributed by atoms with van der Waals surface area (Å²) in [4.78, 5) is 11.3. The molecule has 0 saturated carbocycles. The quantitative estimate of drug-likeness (QED) is 0.698. The van der Waals surface area contributed by atoms with E-state index >= 15 is 0 Å². The van der Waals surface area contributed by atoms with Crippen LogP contribution in [0.1, 0.15) is 13.8 Å². The third-order valence-electron chi connectivity index (χ3n) is 3.60. The van der Waals surface area contributed by atoms with Crippen LogP contribution in [0.3, 0.4) is 0 Å². The number of amides is 1. The van der Waals surface area contributed by atoms with Gasteiger partial charge in [0.05, 0.1) is 13.2 Å². The zero-order valence-electron chi connectivity index (χ0n) is 13.2. The number of carbonyl (C=O) groups is 1. The first kappa shape index (κ1) is 19.1. The number of aliphatic hydroxyl groups excluding tert-OH is 1. The zero-order valence-corrected chi connectivity index (χ0v) is 13.2. The summed E-state index contributed by atoms with van der Waals surface area (Å²) in [7, 11) is 0. The van der Waals surface area contributed by atoms with E-state index in [1.54, 1.807) is 13.8 Å². The number of ether oxygens (including phenoxy) is 4. The van der Waals surface area contributed by atoms with Gasteiger partial charge in [-0.15, -0.1) is 6.58 Å². The van der Waals surface area contributed by atoms with Crippen molar-refractivity contribution in [2.24, 2.45) is 0 Å². The minimum Gasteiger partial charge on any atom is -0.394 e. The molecule has 0 aromatic heterocycles. The molecule has 7 nitrogen and oxygen atoms in total. The third kappa shape index (κ3) is 4.06. The summed E-state index contributed by atoms with van der Waals surface area (Å²) >= 11 is 0. The van der Waals surface area contributed by atoms with E-state index in [1.165, 1.54) is 6.08 Å². The highest BCUT2D eigenvalue weighted by molar-refractivity contribution is 5.82. The van der Waals surface area contributed by atoms with Crippen LogP contribution in [0.15, 0.2) is 12.7 Å². The molecule has 0 spiro atoms. The lowest BCUT2D eigenvalue weighted by Crippen LogP contribution is -2.65. The maximum atomic E-state index is 12.6. The summed E-state index contributed by atoms with van der Waals surface area (Å²) in [6.07, 6.45) is -7.65. The number of hydrogen-bond acceptors (Lipinski definition) is 6. The van der Waals surface area contributed by atoms with Gasteiger partial charge >= 0.3 is 12.1 Å². The number of alkyl halides is 3.